The number of hydrogen-bond donors (Lipinski definition) is 0. The Morgan fingerprint density at radius 1 is 1.12 bits per heavy atom. The maximum absolute atomic E-state index is 13.0. The van der Waals surface area contributed by atoms with Crippen LogP contribution in [0.15, 0.2) is 29.2 Å². The third-order valence-electron chi connectivity index (χ3n) is 3.86. The zero-order valence-corrected chi connectivity index (χ0v) is 18.5. The summed E-state index contributed by atoms with van der Waals surface area (Å²) in [4.78, 5) is 0.166. The molecule has 0 aliphatic carbocycles. The summed E-state index contributed by atoms with van der Waals surface area (Å²) in [6.45, 7) is 4.07. The van der Waals surface area contributed by atoms with Crippen molar-refractivity contribution in [3.8, 4) is 0 Å². The van der Waals surface area contributed by atoms with Gasteiger partial charge in [-0.05, 0) is 44.6 Å². The standard InChI is InChI=1S/C16H27NO6S2Si/c1-6-23-16(24)17(12-7-13-26(20-3,21-4)22-5)25(18,19)15-10-8-14(2)9-11-15/h8-11H,6-7,12-13H2,1-5H3. The molecule has 1 aromatic rings. The highest BCUT2D eigenvalue weighted by atomic mass is 32.2. The lowest BCUT2D eigenvalue weighted by molar-refractivity contribution is 0.122. The molecular formula is C16H27NO6S2Si. The molecule has 1 rings (SSSR count). The predicted octanol–water partition coefficient (Wildman–Crippen LogP) is 2.58. The van der Waals surface area contributed by atoms with Crippen LogP contribution in [0.1, 0.15) is 18.9 Å². The van der Waals surface area contributed by atoms with E-state index in [0.717, 1.165) is 9.87 Å². The minimum atomic E-state index is -3.82. The van der Waals surface area contributed by atoms with Gasteiger partial charge in [0, 0.05) is 33.9 Å². The van der Waals surface area contributed by atoms with Gasteiger partial charge in [-0.15, -0.1) is 0 Å². The second-order valence-corrected chi connectivity index (χ2v) is 10.8. The molecule has 0 saturated heterocycles. The molecule has 0 saturated carbocycles. The van der Waals surface area contributed by atoms with Crippen LogP contribution in [0.5, 0.6) is 0 Å². The zero-order valence-electron chi connectivity index (χ0n) is 15.9. The minimum Gasteiger partial charge on any atom is -0.471 e. The fraction of sp³-hybridized carbons (Fsp3) is 0.562. The van der Waals surface area contributed by atoms with Crippen LogP contribution < -0.4 is 0 Å². The van der Waals surface area contributed by atoms with Crippen molar-refractivity contribution in [2.75, 3.05) is 34.5 Å². The highest BCUT2D eigenvalue weighted by molar-refractivity contribution is 7.91. The number of ether oxygens (including phenoxy) is 1. The van der Waals surface area contributed by atoms with E-state index in [1.807, 2.05) is 6.92 Å². The Labute approximate surface area is 162 Å². The smallest absolute Gasteiger partial charge is 0.471 e. The Hall–Kier alpha value is -1.04. The van der Waals surface area contributed by atoms with Crippen molar-refractivity contribution in [1.82, 2.24) is 4.31 Å². The van der Waals surface area contributed by atoms with Gasteiger partial charge in [-0.2, -0.15) is 0 Å². The van der Waals surface area contributed by atoms with E-state index in [1.165, 1.54) is 21.3 Å². The van der Waals surface area contributed by atoms with Crippen LogP contribution in [0.25, 0.3) is 0 Å². The van der Waals surface area contributed by atoms with Crippen molar-refractivity contribution in [3.05, 3.63) is 29.8 Å². The van der Waals surface area contributed by atoms with E-state index in [0.29, 0.717) is 12.5 Å². The van der Waals surface area contributed by atoms with E-state index < -0.39 is 18.8 Å². The molecule has 148 valence electrons. The SMILES string of the molecule is CCOC(=S)N(CCC[Si](OC)(OC)OC)S(=O)(=O)c1ccc(C)cc1. The van der Waals surface area contributed by atoms with Crippen LogP contribution in [0.4, 0.5) is 0 Å². The van der Waals surface area contributed by atoms with Crippen LogP contribution >= 0.6 is 12.2 Å². The number of hydrogen-bond acceptors (Lipinski definition) is 7. The molecule has 7 nitrogen and oxygen atoms in total. The third kappa shape index (κ3) is 5.73. The molecule has 0 aliphatic heterocycles. The quantitative estimate of drug-likeness (QED) is 0.425. The lowest BCUT2D eigenvalue weighted by atomic mass is 10.2. The van der Waals surface area contributed by atoms with Gasteiger partial charge in [0.15, 0.2) is 0 Å². The molecule has 0 spiro atoms. The zero-order chi connectivity index (χ0) is 19.8. The molecule has 0 heterocycles. The second kappa shape index (κ2) is 10.3. The van der Waals surface area contributed by atoms with E-state index in [9.17, 15) is 8.42 Å². The molecule has 0 amide bonds. The first-order chi connectivity index (χ1) is 12.3. The number of aryl methyl sites for hydroxylation is 1. The number of nitrogens with zero attached hydrogens (tertiary/aromatic N) is 1. The Morgan fingerprint density at radius 3 is 2.12 bits per heavy atom. The van der Waals surface area contributed by atoms with E-state index in [1.54, 1.807) is 31.2 Å². The highest BCUT2D eigenvalue weighted by Gasteiger charge is 2.38. The summed E-state index contributed by atoms with van der Waals surface area (Å²) < 4.78 is 48.5. The molecule has 10 heteroatoms. The second-order valence-electron chi connectivity index (χ2n) is 5.49. The summed E-state index contributed by atoms with van der Waals surface area (Å²) in [6, 6.07) is 7.06. The molecule has 0 aliphatic rings. The Morgan fingerprint density at radius 2 is 1.65 bits per heavy atom. The van der Waals surface area contributed by atoms with Gasteiger partial charge < -0.3 is 18.0 Å². The molecule has 1 aromatic carbocycles. The normalized spacial score (nSPS) is 12.0. The van der Waals surface area contributed by atoms with Gasteiger partial charge in [0.1, 0.15) is 0 Å². The van der Waals surface area contributed by atoms with Gasteiger partial charge in [-0.25, -0.2) is 12.7 Å². The van der Waals surface area contributed by atoms with Gasteiger partial charge in [0.2, 0.25) is 0 Å². The molecule has 0 aromatic heterocycles. The van der Waals surface area contributed by atoms with Crippen LogP contribution in [-0.4, -0.2) is 61.2 Å². The van der Waals surface area contributed by atoms with Crippen LogP contribution in [0.2, 0.25) is 6.04 Å². The average Bonchev–Trinajstić information content (AvgIpc) is 2.63. The molecule has 0 unspecified atom stereocenters. The van der Waals surface area contributed by atoms with Crippen molar-refractivity contribution < 1.29 is 26.4 Å². The van der Waals surface area contributed by atoms with Gasteiger partial charge >= 0.3 is 8.80 Å². The molecule has 0 bridgehead atoms. The van der Waals surface area contributed by atoms with Crippen molar-refractivity contribution in [1.29, 1.82) is 0 Å². The molecular weight excluding hydrogens is 394 g/mol. The summed E-state index contributed by atoms with van der Waals surface area (Å²) in [6.07, 6.45) is 0.444. The molecule has 0 radical (unpaired) electrons. The minimum absolute atomic E-state index is 0.0763. The highest BCUT2D eigenvalue weighted by Crippen LogP contribution is 2.21. The fourth-order valence-electron chi connectivity index (χ4n) is 2.34. The van der Waals surface area contributed by atoms with Gasteiger partial charge in [0.25, 0.3) is 15.2 Å². The third-order valence-corrected chi connectivity index (χ3v) is 8.94. The Balaban J connectivity index is 3.02. The lowest BCUT2D eigenvalue weighted by Gasteiger charge is -2.27. The van der Waals surface area contributed by atoms with Crippen LogP contribution in [0, 0.1) is 6.92 Å². The van der Waals surface area contributed by atoms with Crippen molar-refractivity contribution in [2.45, 2.75) is 31.2 Å². The van der Waals surface area contributed by atoms with Gasteiger partial charge in [0.05, 0.1) is 11.5 Å². The molecule has 0 N–H and O–H groups in total. The first kappa shape index (κ1) is 23.0. The Bertz CT molecular complexity index is 668. The number of sulfonamides is 1. The lowest BCUT2D eigenvalue weighted by Crippen LogP contribution is -2.44. The monoisotopic (exact) mass is 421 g/mol. The number of thiocarbonyl (C=S) groups is 1. The van der Waals surface area contributed by atoms with Crippen molar-refractivity contribution in [2.24, 2.45) is 0 Å². The summed E-state index contributed by atoms with van der Waals surface area (Å²) >= 11 is 5.18. The van der Waals surface area contributed by atoms with Crippen molar-refractivity contribution >= 4 is 36.2 Å². The first-order valence-electron chi connectivity index (χ1n) is 8.18. The topological polar surface area (TPSA) is 74.3 Å². The summed E-state index contributed by atoms with van der Waals surface area (Å²) in [5, 5.41) is -0.0763. The van der Waals surface area contributed by atoms with Crippen LogP contribution in [0.3, 0.4) is 0 Å². The summed E-state index contributed by atoms with van der Waals surface area (Å²) in [7, 11) is -2.05. The van der Waals surface area contributed by atoms with E-state index in [-0.39, 0.29) is 23.2 Å². The van der Waals surface area contributed by atoms with Gasteiger partial charge in [-0.3, -0.25) is 0 Å². The predicted molar refractivity (Wildman–Crippen MR) is 105 cm³/mol. The molecule has 26 heavy (non-hydrogen) atoms. The maximum atomic E-state index is 13.0. The number of benzene rings is 1. The average molecular weight is 422 g/mol. The molecule has 0 fully saturated rings. The van der Waals surface area contributed by atoms with Crippen LogP contribution in [-0.2, 0) is 28.0 Å². The first-order valence-corrected chi connectivity index (χ1v) is 12.0. The van der Waals surface area contributed by atoms with Crippen molar-refractivity contribution in [3.63, 3.8) is 0 Å². The maximum Gasteiger partial charge on any atom is 0.500 e. The summed E-state index contributed by atoms with van der Waals surface area (Å²) in [5.41, 5.74) is 0.971. The molecule has 0 atom stereocenters. The largest absolute Gasteiger partial charge is 0.500 e. The van der Waals surface area contributed by atoms with E-state index in [4.69, 9.17) is 30.2 Å². The Kier molecular flexibility index (Phi) is 9.14. The van der Waals surface area contributed by atoms with E-state index in [2.05, 4.69) is 0 Å². The fourth-order valence-corrected chi connectivity index (χ4v) is 5.90. The number of rotatable bonds is 10. The summed E-state index contributed by atoms with van der Waals surface area (Å²) in [5.74, 6) is 0. The van der Waals surface area contributed by atoms with Gasteiger partial charge in [-0.1, -0.05) is 17.7 Å². The van der Waals surface area contributed by atoms with E-state index >= 15 is 0 Å².